The van der Waals surface area contributed by atoms with Crippen molar-refractivity contribution in [2.24, 2.45) is 0 Å². The van der Waals surface area contributed by atoms with Gasteiger partial charge in [0.15, 0.2) is 0 Å². The monoisotopic (exact) mass is 631 g/mol. The zero-order valence-electron chi connectivity index (χ0n) is 19.0. The number of hydrogen-bond acceptors (Lipinski definition) is 0. The van der Waals surface area contributed by atoms with Crippen LogP contribution < -0.4 is 0 Å². The van der Waals surface area contributed by atoms with Gasteiger partial charge in [0.25, 0.3) is 0 Å². The molecule has 1 atom stereocenters. The van der Waals surface area contributed by atoms with Crippen molar-refractivity contribution in [1.82, 2.24) is 0 Å². The van der Waals surface area contributed by atoms with E-state index < -0.39 is 19.1 Å². The van der Waals surface area contributed by atoms with Gasteiger partial charge >= 0.3 is 206 Å². The maximum absolute atomic E-state index is 6.91. The summed E-state index contributed by atoms with van der Waals surface area (Å²) in [5, 5.41) is 1.38. The molecule has 0 heterocycles. The van der Waals surface area contributed by atoms with Gasteiger partial charge in [0, 0.05) is 0 Å². The van der Waals surface area contributed by atoms with Crippen LogP contribution in [-0.2, 0) is 24.5 Å². The van der Waals surface area contributed by atoms with Gasteiger partial charge in [-0.3, -0.25) is 0 Å². The molecule has 0 fully saturated rings. The maximum atomic E-state index is 6.91. The summed E-state index contributed by atoms with van der Waals surface area (Å²) in [7, 11) is 15.9. The van der Waals surface area contributed by atoms with Gasteiger partial charge in [-0.1, -0.05) is 0 Å². The molecule has 1 unspecified atom stereocenters. The fraction of sp³-hybridized carbons (Fsp3) is 0.296. The number of fused-ring (bicyclic) bond motifs is 1. The van der Waals surface area contributed by atoms with Gasteiger partial charge in [0.2, 0.25) is 0 Å². The topological polar surface area (TPSA) is 0 Å². The Hall–Kier alpha value is -0.803. The predicted octanol–water partition coefficient (Wildman–Crippen LogP) is 7.20. The van der Waals surface area contributed by atoms with Crippen LogP contribution >= 0.6 is 17.2 Å². The molecule has 4 heteroatoms. The van der Waals surface area contributed by atoms with Crippen molar-refractivity contribution in [3.05, 3.63) is 102 Å². The molecule has 0 spiro atoms. The Kier molecular flexibility index (Phi) is 6.67. The SMILES string of the molecule is CCC1=C(C)CC(C2(c3ccccc3)C(=[SiH2])C=CC=C3C(C)=C(C)[C]([Hf]([Cl])[Cl])=C32)=C1C. The molecule has 3 aliphatic carbocycles. The molecule has 4 rings (SSSR count). The normalized spacial score (nSPS) is 23.7. The second-order valence-corrected chi connectivity index (χ2v) is 20.9. The Labute approximate surface area is 204 Å². The van der Waals surface area contributed by atoms with E-state index in [1.54, 1.807) is 0 Å². The number of allylic oxidation sites excluding steroid dienone is 12. The minimum atomic E-state index is -2.94. The van der Waals surface area contributed by atoms with Crippen LogP contribution in [0.2, 0.25) is 0 Å². The van der Waals surface area contributed by atoms with Crippen molar-refractivity contribution in [2.45, 2.75) is 52.9 Å². The quantitative estimate of drug-likeness (QED) is 0.309. The third-order valence-electron chi connectivity index (χ3n) is 7.34. The molecule has 0 saturated heterocycles. The average Bonchev–Trinajstić information content (AvgIpc) is 3.11. The van der Waals surface area contributed by atoms with E-state index in [4.69, 9.17) is 17.2 Å². The van der Waals surface area contributed by atoms with E-state index in [-0.39, 0.29) is 5.41 Å². The molecule has 0 aliphatic heterocycles. The zero-order valence-corrected chi connectivity index (χ0v) is 25.5. The molecule has 0 bridgehead atoms. The standard InChI is InChI=1S/C27H29Si.2ClH.Hf/c1-6-22-18(3)16-24(20(22)5)27(21-11-8-7-9-12-21)25-15-17(2)19(4)23(25)13-10-14-26(27)28;;;/h7-14H,6,16,28H2,1-5H3;2*1H;/q;;;+2/p-2. The van der Waals surface area contributed by atoms with Crippen LogP contribution in [0, 0.1) is 0 Å². The predicted molar refractivity (Wildman–Crippen MR) is 136 cm³/mol. The van der Waals surface area contributed by atoms with E-state index in [0.717, 1.165) is 12.8 Å². The number of rotatable bonds is 4. The summed E-state index contributed by atoms with van der Waals surface area (Å²) in [6, 6.07) is 11.0. The molecular weight excluding hydrogens is 602 g/mol. The van der Waals surface area contributed by atoms with Crippen LogP contribution in [0.4, 0.5) is 0 Å². The second-order valence-electron chi connectivity index (χ2n) is 8.73. The van der Waals surface area contributed by atoms with Crippen LogP contribution in [0.15, 0.2) is 96.5 Å². The Bertz CT molecular complexity index is 1160. The van der Waals surface area contributed by atoms with Gasteiger partial charge in [0.1, 0.15) is 0 Å². The van der Waals surface area contributed by atoms with Crippen LogP contribution in [0.3, 0.4) is 0 Å². The summed E-state index contributed by atoms with van der Waals surface area (Å²) < 4.78 is 1.29. The number of benzene rings is 1. The zero-order chi connectivity index (χ0) is 22.5. The average molecular weight is 631 g/mol. The van der Waals surface area contributed by atoms with E-state index in [0.29, 0.717) is 0 Å². The number of halogens is 2. The van der Waals surface area contributed by atoms with Crippen molar-refractivity contribution in [3.8, 4) is 0 Å². The first kappa shape index (κ1) is 23.4. The van der Waals surface area contributed by atoms with Crippen molar-refractivity contribution >= 4 is 32.2 Å². The summed E-state index contributed by atoms with van der Waals surface area (Å²) in [4.78, 5) is 0. The van der Waals surface area contributed by atoms with Gasteiger partial charge < -0.3 is 0 Å². The van der Waals surface area contributed by atoms with E-state index in [2.05, 4.69) is 83.2 Å². The van der Waals surface area contributed by atoms with Crippen molar-refractivity contribution < 1.29 is 19.1 Å². The van der Waals surface area contributed by atoms with Crippen LogP contribution in [0.1, 0.15) is 53.0 Å². The van der Waals surface area contributed by atoms with Crippen LogP contribution in [0.25, 0.3) is 0 Å². The van der Waals surface area contributed by atoms with Crippen LogP contribution in [0.5, 0.6) is 0 Å². The van der Waals surface area contributed by atoms with Gasteiger partial charge in [0.05, 0.1) is 0 Å². The molecular formula is C27H29Cl2HfSi. The fourth-order valence-electron chi connectivity index (χ4n) is 5.80. The van der Waals surface area contributed by atoms with Crippen LogP contribution in [-0.4, -0.2) is 15.0 Å². The van der Waals surface area contributed by atoms with Crippen molar-refractivity contribution in [2.75, 3.05) is 0 Å². The van der Waals surface area contributed by atoms with Gasteiger partial charge in [-0.15, -0.1) is 0 Å². The minimum absolute atomic E-state index is 0.325. The van der Waals surface area contributed by atoms with Crippen molar-refractivity contribution in [3.63, 3.8) is 0 Å². The third-order valence-corrected chi connectivity index (χ3v) is 14.8. The molecule has 1 aromatic carbocycles. The van der Waals surface area contributed by atoms with E-state index >= 15 is 0 Å². The van der Waals surface area contributed by atoms with Gasteiger partial charge in [-0.25, -0.2) is 0 Å². The molecule has 3 aliphatic rings. The molecule has 0 amide bonds. The first-order valence-electron chi connectivity index (χ1n) is 10.9. The first-order chi connectivity index (χ1) is 14.8. The van der Waals surface area contributed by atoms with Gasteiger partial charge in [-0.2, -0.15) is 0 Å². The first-order valence-corrected chi connectivity index (χ1v) is 22.3. The molecule has 0 N–H and O–H groups in total. The Balaban J connectivity index is 2.18. The Morgan fingerprint density at radius 1 is 1.00 bits per heavy atom. The van der Waals surface area contributed by atoms with E-state index in [1.165, 1.54) is 58.6 Å². The molecule has 0 nitrogen and oxygen atoms in total. The summed E-state index contributed by atoms with van der Waals surface area (Å²) >= 11 is -2.94. The van der Waals surface area contributed by atoms with E-state index in [1.807, 2.05) is 9.85 Å². The number of hydrogen-bond donors (Lipinski definition) is 0. The molecule has 0 aromatic heterocycles. The molecule has 31 heavy (non-hydrogen) atoms. The molecule has 159 valence electrons. The van der Waals surface area contributed by atoms with E-state index in [9.17, 15) is 0 Å². The fourth-order valence-corrected chi connectivity index (χ4v) is 13.9. The summed E-state index contributed by atoms with van der Waals surface area (Å²) in [6.45, 7) is 11.4. The molecule has 0 radical (unpaired) electrons. The summed E-state index contributed by atoms with van der Waals surface area (Å²) in [5.41, 5.74) is 12.3. The second kappa shape index (κ2) is 8.86. The molecule has 1 aromatic rings. The summed E-state index contributed by atoms with van der Waals surface area (Å²) in [6.07, 6.45) is 8.90. The summed E-state index contributed by atoms with van der Waals surface area (Å²) in [5.74, 6) is 0. The third kappa shape index (κ3) is 3.44. The van der Waals surface area contributed by atoms with Gasteiger partial charge in [-0.05, 0) is 0 Å². The van der Waals surface area contributed by atoms with Crippen molar-refractivity contribution in [1.29, 1.82) is 0 Å². The Morgan fingerprint density at radius 2 is 1.68 bits per heavy atom. The Morgan fingerprint density at radius 3 is 2.26 bits per heavy atom. The molecule has 0 saturated carbocycles.